The fourth-order valence-electron chi connectivity index (χ4n) is 1.80. The second-order valence-corrected chi connectivity index (χ2v) is 4.41. The molecule has 0 aliphatic carbocycles. The lowest BCUT2D eigenvalue weighted by Gasteiger charge is -2.16. The van der Waals surface area contributed by atoms with E-state index in [2.05, 4.69) is 10.2 Å². The van der Waals surface area contributed by atoms with Crippen LogP contribution in [0.25, 0.3) is 0 Å². The molecule has 1 aromatic heterocycles. The molecule has 0 N–H and O–H groups in total. The molecule has 0 amide bonds. The number of rotatable bonds is 2. The molecule has 2 aromatic rings. The summed E-state index contributed by atoms with van der Waals surface area (Å²) < 4.78 is 15.3. The molecule has 0 spiro atoms. The molecule has 1 aromatic carbocycles. The summed E-state index contributed by atoms with van der Waals surface area (Å²) in [4.78, 5) is 0. The Morgan fingerprint density at radius 1 is 1.29 bits per heavy atom. The number of hydrogen-bond donors (Lipinski definition) is 0. The van der Waals surface area contributed by atoms with Crippen molar-refractivity contribution in [1.29, 1.82) is 0 Å². The van der Waals surface area contributed by atoms with Crippen LogP contribution in [0.1, 0.15) is 29.9 Å². The Bertz CT molecular complexity index is 531. The first kappa shape index (κ1) is 12.0. The van der Waals surface area contributed by atoms with Gasteiger partial charge in [0.25, 0.3) is 0 Å². The zero-order valence-corrected chi connectivity index (χ0v) is 10.7. The Hall–Kier alpha value is -1.42. The van der Waals surface area contributed by atoms with Crippen LogP contribution in [0.15, 0.2) is 18.2 Å². The Morgan fingerprint density at radius 3 is 2.53 bits per heavy atom. The van der Waals surface area contributed by atoms with Gasteiger partial charge in [-0.05, 0) is 49.6 Å². The molecule has 90 valence electrons. The van der Waals surface area contributed by atoms with Crippen molar-refractivity contribution in [1.82, 2.24) is 14.8 Å². The van der Waals surface area contributed by atoms with Gasteiger partial charge in [-0.15, -0.1) is 10.2 Å². The molecule has 0 aliphatic heterocycles. The number of halogens is 2. The molecule has 0 saturated heterocycles. The van der Waals surface area contributed by atoms with Gasteiger partial charge in [0.05, 0.1) is 6.04 Å². The highest BCUT2D eigenvalue weighted by Gasteiger charge is 2.15. The Balaban J connectivity index is 2.43. The van der Waals surface area contributed by atoms with Crippen LogP contribution in [-0.2, 0) is 0 Å². The predicted molar refractivity (Wildman–Crippen MR) is 64.7 cm³/mol. The second-order valence-electron chi connectivity index (χ2n) is 4.07. The minimum atomic E-state index is -0.212. The Kier molecular flexibility index (Phi) is 3.15. The van der Waals surface area contributed by atoms with Gasteiger partial charge in [-0.2, -0.15) is 0 Å². The zero-order chi connectivity index (χ0) is 12.6. The predicted octanol–water partition coefficient (Wildman–Crippen LogP) is 3.30. The lowest BCUT2D eigenvalue weighted by molar-refractivity contribution is 0.590. The molecule has 17 heavy (non-hydrogen) atoms. The van der Waals surface area contributed by atoms with E-state index in [1.54, 1.807) is 17.6 Å². The number of nitrogens with zero attached hydrogens (tertiary/aromatic N) is 3. The summed E-state index contributed by atoms with van der Waals surface area (Å²) in [6.07, 6.45) is 0. The average molecular weight is 254 g/mol. The molecule has 0 bridgehead atoms. The molecule has 3 nitrogen and oxygen atoms in total. The Labute approximate surface area is 104 Å². The molecular formula is C12H13ClFN3. The van der Waals surface area contributed by atoms with Crippen LogP contribution in [0, 0.1) is 19.7 Å². The number of hydrogen-bond acceptors (Lipinski definition) is 2. The highest BCUT2D eigenvalue weighted by Crippen LogP contribution is 2.24. The van der Waals surface area contributed by atoms with E-state index in [1.165, 1.54) is 6.07 Å². The summed E-state index contributed by atoms with van der Waals surface area (Å²) in [6.45, 7) is 5.49. The van der Waals surface area contributed by atoms with E-state index >= 15 is 0 Å². The number of aryl methyl sites for hydroxylation is 2. The van der Waals surface area contributed by atoms with Gasteiger partial charge in [0.15, 0.2) is 0 Å². The minimum Gasteiger partial charge on any atom is -0.295 e. The third-order valence-electron chi connectivity index (χ3n) is 2.89. The average Bonchev–Trinajstić information content (AvgIpc) is 2.62. The van der Waals surface area contributed by atoms with Gasteiger partial charge >= 0.3 is 0 Å². The van der Waals surface area contributed by atoms with Crippen LogP contribution < -0.4 is 0 Å². The maximum Gasteiger partial charge on any atom is 0.225 e. The van der Waals surface area contributed by atoms with Crippen molar-refractivity contribution in [3.05, 3.63) is 46.3 Å². The van der Waals surface area contributed by atoms with Crippen molar-refractivity contribution in [2.75, 3.05) is 0 Å². The largest absolute Gasteiger partial charge is 0.295 e. The summed E-state index contributed by atoms with van der Waals surface area (Å²) in [5.74, 6) is 0.500. The van der Waals surface area contributed by atoms with Crippen molar-refractivity contribution >= 4 is 11.6 Å². The molecule has 0 saturated carbocycles. The quantitative estimate of drug-likeness (QED) is 0.822. The second kappa shape index (κ2) is 4.45. The maximum atomic E-state index is 13.5. The monoisotopic (exact) mass is 253 g/mol. The van der Waals surface area contributed by atoms with Crippen molar-refractivity contribution in [2.45, 2.75) is 26.8 Å². The van der Waals surface area contributed by atoms with Crippen LogP contribution >= 0.6 is 11.6 Å². The molecule has 0 fully saturated rings. The molecule has 1 unspecified atom stereocenters. The highest BCUT2D eigenvalue weighted by molar-refractivity contribution is 6.28. The molecule has 2 rings (SSSR count). The third kappa shape index (κ3) is 2.17. The van der Waals surface area contributed by atoms with E-state index in [9.17, 15) is 4.39 Å². The van der Waals surface area contributed by atoms with E-state index < -0.39 is 0 Å². The molecular weight excluding hydrogens is 241 g/mol. The van der Waals surface area contributed by atoms with Gasteiger partial charge in [0, 0.05) is 0 Å². The van der Waals surface area contributed by atoms with Crippen LogP contribution in [0.3, 0.4) is 0 Å². The lowest BCUT2D eigenvalue weighted by atomic mass is 10.1. The molecule has 1 atom stereocenters. The molecule has 0 radical (unpaired) electrons. The number of aromatic nitrogens is 3. The van der Waals surface area contributed by atoms with Crippen molar-refractivity contribution in [2.24, 2.45) is 0 Å². The van der Waals surface area contributed by atoms with Crippen LogP contribution in [-0.4, -0.2) is 14.8 Å². The van der Waals surface area contributed by atoms with Crippen LogP contribution in [0.5, 0.6) is 0 Å². The normalized spacial score (nSPS) is 12.8. The van der Waals surface area contributed by atoms with Gasteiger partial charge in [0.1, 0.15) is 11.6 Å². The molecule has 5 heteroatoms. The number of benzene rings is 1. The van der Waals surface area contributed by atoms with Crippen molar-refractivity contribution in [3.8, 4) is 0 Å². The SMILES string of the molecule is Cc1ccc(C(C)n2c(C)nnc2Cl)cc1F. The topological polar surface area (TPSA) is 30.7 Å². The van der Waals surface area contributed by atoms with E-state index in [4.69, 9.17) is 11.6 Å². The molecule has 0 aliphatic rings. The van der Waals surface area contributed by atoms with E-state index in [1.807, 2.05) is 19.9 Å². The van der Waals surface area contributed by atoms with Crippen LogP contribution in [0.2, 0.25) is 5.28 Å². The van der Waals surface area contributed by atoms with Gasteiger partial charge in [0.2, 0.25) is 5.28 Å². The van der Waals surface area contributed by atoms with Crippen LogP contribution in [0.4, 0.5) is 4.39 Å². The van der Waals surface area contributed by atoms with Gasteiger partial charge in [-0.3, -0.25) is 4.57 Å². The fourth-order valence-corrected chi connectivity index (χ4v) is 2.11. The van der Waals surface area contributed by atoms with Gasteiger partial charge in [-0.25, -0.2) is 4.39 Å². The first-order valence-electron chi connectivity index (χ1n) is 5.33. The first-order valence-corrected chi connectivity index (χ1v) is 5.71. The van der Waals surface area contributed by atoms with E-state index in [-0.39, 0.29) is 11.9 Å². The van der Waals surface area contributed by atoms with Crippen molar-refractivity contribution < 1.29 is 4.39 Å². The highest BCUT2D eigenvalue weighted by atomic mass is 35.5. The summed E-state index contributed by atoms with van der Waals surface area (Å²) in [5, 5.41) is 7.99. The standard InChI is InChI=1S/C12H13ClFN3/c1-7-4-5-10(6-11(7)14)8(2)17-9(3)15-16-12(17)13/h4-6,8H,1-3H3. The fraction of sp³-hybridized carbons (Fsp3) is 0.333. The first-order chi connectivity index (χ1) is 8.00. The summed E-state index contributed by atoms with van der Waals surface area (Å²) in [5.41, 5.74) is 1.48. The van der Waals surface area contributed by atoms with E-state index in [0.717, 1.165) is 5.56 Å². The third-order valence-corrected chi connectivity index (χ3v) is 3.15. The maximum absolute atomic E-state index is 13.5. The zero-order valence-electron chi connectivity index (χ0n) is 9.91. The summed E-state index contributed by atoms with van der Waals surface area (Å²) in [6, 6.07) is 5.08. The summed E-state index contributed by atoms with van der Waals surface area (Å²) in [7, 11) is 0. The summed E-state index contributed by atoms with van der Waals surface area (Å²) >= 11 is 5.96. The lowest BCUT2D eigenvalue weighted by Crippen LogP contribution is -2.09. The van der Waals surface area contributed by atoms with Gasteiger partial charge in [-0.1, -0.05) is 12.1 Å². The minimum absolute atomic E-state index is 0.0902. The molecule has 1 heterocycles. The van der Waals surface area contributed by atoms with Gasteiger partial charge < -0.3 is 0 Å². The Morgan fingerprint density at radius 2 is 2.00 bits per heavy atom. The van der Waals surface area contributed by atoms with Crippen molar-refractivity contribution in [3.63, 3.8) is 0 Å². The van der Waals surface area contributed by atoms with E-state index in [0.29, 0.717) is 16.7 Å². The smallest absolute Gasteiger partial charge is 0.225 e.